The van der Waals surface area contributed by atoms with Crippen LogP contribution < -0.4 is 11.2 Å². The van der Waals surface area contributed by atoms with E-state index in [4.69, 9.17) is 22.2 Å². The normalized spacial score (nSPS) is 15.0. The van der Waals surface area contributed by atoms with Crippen molar-refractivity contribution in [2.24, 2.45) is 5.90 Å². The number of nitrogens with two attached hydrogens (primary N) is 1. The number of pyridine rings is 1. The highest BCUT2D eigenvalue weighted by Crippen LogP contribution is 2.47. The summed E-state index contributed by atoms with van der Waals surface area (Å²) in [6.45, 7) is 2.30. The zero-order valence-electron chi connectivity index (χ0n) is 19.5. The minimum Gasteiger partial charge on any atom is -0.370 e. The molecule has 35 heavy (non-hydrogen) atoms. The van der Waals surface area contributed by atoms with Gasteiger partial charge in [0.2, 0.25) is 0 Å². The molecule has 1 saturated carbocycles. The number of hydrogen-bond acceptors (Lipinski definition) is 6. The fraction of sp³-hybridized carbons (Fsp3) is 0.214. The third-order valence-electron chi connectivity index (χ3n) is 6.80. The van der Waals surface area contributed by atoms with Gasteiger partial charge in [0.05, 0.1) is 11.1 Å². The van der Waals surface area contributed by atoms with Crippen LogP contribution in [-0.2, 0) is 15.0 Å². The van der Waals surface area contributed by atoms with Crippen molar-refractivity contribution in [1.82, 2.24) is 4.98 Å². The Hall–Kier alpha value is -3.45. The zero-order valence-corrected chi connectivity index (χ0v) is 20.3. The fourth-order valence-electron chi connectivity index (χ4n) is 4.46. The second-order valence-corrected chi connectivity index (χ2v) is 9.53. The van der Waals surface area contributed by atoms with Gasteiger partial charge in [-0.3, -0.25) is 4.98 Å². The number of benzene rings is 3. The van der Waals surface area contributed by atoms with E-state index in [1.165, 1.54) is 18.4 Å². The molecule has 178 valence electrons. The van der Waals surface area contributed by atoms with Gasteiger partial charge in [-0.15, -0.1) is 0 Å². The molecule has 1 aromatic heterocycles. The van der Waals surface area contributed by atoms with Crippen molar-refractivity contribution in [3.63, 3.8) is 0 Å². The van der Waals surface area contributed by atoms with E-state index in [2.05, 4.69) is 46.3 Å². The predicted octanol–water partition coefficient (Wildman–Crippen LogP) is 6.39. The Morgan fingerprint density at radius 3 is 2.54 bits per heavy atom. The Labute approximate surface area is 209 Å². The molecule has 0 amide bonds. The first kappa shape index (κ1) is 23.3. The molecule has 5 rings (SSSR count). The van der Waals surface area contributed by atoms with Crippen molar-refractivity contribution in [1.29, 1.82) is 0 Å². The molecule has 3 aromatic carbocycles. The second-order valence-electron chi connectivity index (χ2n) is 9.10. The number of halogens is 1. The van der Waals surface area contributed by atoms with Crippen LogP contribution in [-0.4, -0.2) is 18.1 Å². The predicted molar refractivity (Wildman–Crippen MR) is 138 cm³/mol. The van der Waals surface area contributed by atoms with Crippen molar-refractivity contribution in [2.45, 2.75) is 31.4 Å². The van der Waals surface area contributed by atoms with Crippen LogP contribution in [0, 0.1) is 0 Å². The van der Waals surface area contributed by atoms with Crippen LogP contribution >= 0.6 is 11.6 Å². The van der Waals surface area contributed by atoms with Crippen LogP contribution in [0.5, 0.6) is 0 Å². The van der Waals surface area contributed by atoms with E-state index in [-0.39, 0.29) is 6.23 Å². The lowest BCUT2D eigenvalue weighted by molar-refractivity contribution is 0.0505. The van der Waals surface area contributed by atoms with Crippen LogP contribution in [0.25, 0.3) is 22.0 Å². The number of nitrogens with one attached hydrogen (secondary N) is 1. The van der Waals surface area contributed by atoms with Crippen molar-refractivity contribution in [3.8, 4) is 11.1 Å². The standard InChI is InChI=1S/C28H26ClN3O3/c1-28(13-14-28)18-7-5-17(6-8-18)26(34-2)32-24-12-9-19(29)16-23(24)20-10-11-22(27(33)35-30)25-21(20)4-3-15-31-25/h3-12,15-16,26,32H,13-14,30H2,1-2H3. The Kier molecular flexibility index (Phi) is 6.19. The first-order valence-corrected chi connectivity index (χ1v) is 11.8. The largest absolute Gasteiger partial charge is 0.370 e. The Morgan fingerprint density at radius 1 is 1.09 bits per heavy atom. The number of fused-ring (bicyclic) bond motifs is 1. The van der Waals surface area contributed by atoms with Gasteiger partial charge in [-0.25, -0.2) is 4.79 Å². The number of hydrogen-bond donors (Lipinski definition) is 2. The molecule has 0 aliphatic heterocycles. The van der Waals surface area contributed by atoms with Crippen molar-refractivity contribution < 1.29 is 14.4 Å². The summed E-state index contributed by atoms with van der Waals surface area (Å²) >= 11 is 6.41. The third kappa shape index (κ3) is 4.48. The Morgan fingerprint density at radius 2 is 1.86 bits per heavy atom. The molecule has 0 spiro atoms. The number of nitrogens with zero attached hydrogens (tertiary/aromatic N) is 1. The van der Waals surface area contributed by atoms with Gasteiger partial charge < -0.3 is 14.9 Å². The molecule has 7 heteroatoms. The lowest BCUT2D eigenvalue weighted by Gasteiger charge is -2.22. The fourth-order valence-corrected chi connectivity index (χ4v) is 4.63. The summed E-state index contributed by atoms with van der Waals surface area (Å²) in [6.07, 6.45) is 3.73. The molecule has 4 aromatic rings. The minimum absolute atomic E-state index is 0.294. The molecule has 1 unspecified atom stereocenters. The van der Waals surface area contributed by atoms with Crippen LogP contribution in [0.15, 0.2) is 72.9 Å². The zero-order chi connectivity index (χ0) is 24.6. The molecular formula is C28H26ClN3O3. The van der Waals surface area contributed by atoms with Crippen LogP contribution in [0.4, 0.5) is 5.69 Å². The Balaban J connectivity index is 1.55. The van der Waals surface area contributed by atoms with E-state index in [0.29, 0.717) is 21.5 Å². The first-order valence-electron chi connectivity index (χ1n) is 11.4. The van der Waals surface area contributed by atoms with Crippen LogP contribution in [0.3, 0.4) is 0 Å². The van der Waals surface area contributed by atoms with Gasteiger partial charge in [-0.05, 0) is 59.7 Å². The highest BCUT2D eigenvalue weighted by molar-refractivity contribution is 6.31. The number of rotatable bonds is 7. The van der Waals surface area contributed by atoms with Crippen molar-refractivity contribution in [2.75, 3.05) is 12.4 Å². The highest BCUT2D eigenvalue weighted by Gasteiger charge is 2.38. The van der Waals surface area contributed by atoms with E-state index in [1.54, 1.807) is 19.4 Å². The maximum Gasteiger partial charge on any atom is 0.358 e. The molecule has 0 radical (unpaired) electrons. The number of methoxy groups -OCH3 is 1. The van der Waals surface area contributed by atoms with Gasteiger partial charge in [0.1, 0.15) is 0 Å². The molecule has 1 heterocycles. The van der Waals surface area contributed by atoms with Gasteiger partial charge >= 0.3 is 5.97 Å². The molecule has 1 aliphatic carbocycles. The van der Waals surface area contributed by atoms with Gasteiger partial charge in [0, 0.05) is 40.5 Å². The molecule has 0 bridgehead atoms. The smallest absolute Gasteiger partial charge is 0.358 e. The number of carbonyl (C=O) groups is 1. The number of ether oxygens (including phenoxy) is 1. The number of carbonyl (C=O) groups excluding carboxylic acids is 1. The summed E-state index contributed by atoms with van der Waals surface area (Å²) in [7, 11) is 1.68. The van der Waals surface area contributed by atoms with Crippen LogP contribution in [0.1, 0.15) is 47.5 Å². The summed E-state index contributed by atoms with van der Waals surface area (Å²) in [5, 5.41) is 4.88. The highest BCUT2D eigenvalue weighted by atomic mass is 35.5. The maximum atomic E-state index is 12.2. The molecule has 6 nitrogen and oxygen atoms in total. The van der Waals surface area contributed by atoms with E-state index in [1.807, 2.05) is 36.4 Å². The first-order chi connectivity index (χ1) is 16.9. The molecular weight excluding hydrogens is 462 g/mol. The topological polar surface area (TPSA) is 86.5 Å². The monoisotopic (exact) mass is 487 g/mol. The molecule has 1 aliphatic rings. The van der Waals surface area contributed by atoms with E-state index >= 15 is 0 Å². The number of anilines is 1. The summed E-state index contributed by atoms with van der Waals surface area (Å²) in [5.74, 6) is 4.49. The lowest BCUT2D eigenvalue weighted by Crippen LogP contribution is -2.14. The minimum atomic E-state index is -0.646. The molecule has 1 atom stereocenters. The van der Waals surface area contributed by atoms with Crippen molar-refractivity contribution in [3.05, 3.63) is 94.6 Å². The Bertz CT molecular complexity index is 1400. The quantitative estimate of drug-likeness (QED) is 0.232. The SMILES string of the molecule is COC(Nc1ccc(Cl)cc1-c1ccc(C(=O)ON)c2ncccc12)c1ccc(C2(C)CC2)cc1. The molecule has 3 N–H and O–H groups in total. The summed E-state index contributed by atoms with van der Waals surface area (Å²) < 4.78 is 5.82. The van der Waals surface area contributed by atoms with Crippen molar-refractivity contribution >= 4 is 34.2 Å². The van der Waals surface area contributed by atoms with E-state index < -0.39 is 5.97 Å². The average Bonchev–Trinajstić information content (AvgIpc) is 3.65. The molecule has 0 saturated heterocycles. The maximum absolute atomic E-state index is 12.2. The molecule has 1 fully saturated rings. The summed E-state index contributed by atoms with van der Waals surface area (Å²) in [5.41, 5.74) is 6.04. The van der Waals surface area contributed by atoms with E-state index in [9.17, 15) is 4.79 Å². The van der Waals surface area contributed by atoms with Crippen LogP contribution in [0.2, 0.25) is 5.02 Å². The van der Waals surface area contributed by atoms with Gasteiger partial charge in [-0.1, -0.05) is 54.9 Å². The van der Waals surface area contributed by atoms with Gasteiger partial charge in [-0.2, -0.15) is 5.90 Å². The van der Waals surface area contributed by atoms with E-state index in [0.717, 1.165) is 27.8 Å². The average molecular weight is 488 g/mol. The number of aromatic nitrogens is 1. The summed E-state index contributed by atoms with van der Waals surface area (Å²) in [6, 6.07) is 21.5. The lowest BCUT2D eigenvalue weighted by atomic mass is 9.96. The summed E-state index contributed by atoms with van der Waals surface area (Å²) in [4.78, 5) is 21.1. The third-order valence-corrected chi connectivity index (χ3v) is 7.04. The van der Waals surface area contributed by atoms with Gasteiger partial charge in [0.25, 0.3) is 0 Å². The van der Waals surface area contributed by atoms with Gasteiger partial charge in [0.15, 0.2) is 6.23 Å². The second kappa shape index (κ2) is 9.30.